The van der Waals surface area contributed by atoms with Crippen LogP contribution in [-0.2, 0) is 9.53 Å². The van der Waals surface area contributed by atoms with Crippen molar-refractivity contribution >= 4 is 5.97 Å². The lowest BCUT2D eigenvalue weighted by atomic mass is 10.1. The third-order valence-electron chi connectivity index (χ3n) is 4.05. The topological polar surface area (TPSA) is 29.5 Å². The van der Waals surface area contributed by atoms with Crippen molar-refractivity contribution in [2.45, 2.75) is 32.8 Å². The minimum Gasteiger partial charge on any atom is -0.463 e. The van der Waals surface area contributed by atoms with Gasteiger partial charge in [0.2, 0.25) is 0 Å². The predicted octanol–water partition coefficient (Wildman–Crippen LogP) is 0.864. The number of ether oxygens (including phenoxy) is 1. The maximum absolute atomic E-state index is 11.5. The Balaban J connectivity index is 1.69. The molecule has 0 N–H and O–H groups in total. The molecule has 0 saturated carbocycles. The van der Waals surface area contributed by atoms with Gasteiger partial charge in [0.1, 0.15) is 0 Å². The van der Waals surface area contributed by atoms with E-state index in [-0.39, 0.29) is 12.1 Å². The van der Waals surface area contributed by atoms with Gasteiger partial charge in [0.25, 0.3) is 0 Å². The lowest BCUT2D eigenvalue weighted by Gasteiger charge is -2.50. The summed E-state index contributed by atoms with van der Waals surface area (Å²) in [4.78, 5) is 14.0. The molecule has 3 rings (SSSR count). The number of hydrogen-bond acceptors (Lipinski definition) is 3. The van der Waals surface area contributed by atoms with Crippen molar-refractivity contribution in [3.8, 4) is 0 Å². The van der Waals surface area contributed by atoms with Crippen molar-refractivity contribution in [1.29, 1.82) is 0 Å². The molecule has 3 saturated heterocycles. The predicted molar refractivity (Wildman–Crippen MR) is 66.6 cm³/mol. The summed E-state index contributed by atoms with van der Waals surface area (Å²) in [6.45, 7) is 12.5. The van der Waals surface area contributed by atoms with Gasteiger partial charge in [-0.25, -0.2) is 0 Å². The van der Waals surface area contributed by atoms with E-state index in [0.29, 0.717) is 6.42 Å². The standard InChI is InChI=1S/C13H25N2O2/c1-12(2)17-13(16)4-3-8-15-9-5-14(6-10-15)7-11-15/h12H,3-11H2,1-2H3/q+1. The van der Waals surface area contributed by atoms with E-state index < -0.39 is 0 Å². The summed E-state index contributed by atoms with van der Waals surface area (Å²) in [6, 6.07) is 0. The lowest BCUT2D eigenvalue weighted by Crippen LogP contribution is -2.67. The second-order valence-corrected chi connectivity index (χ2v) is 5.72. The zero-order valence-electron chi connectivity index (χ0n) is 11.2. The van der Waals surface area contributed by atoms with Crippen LogP contribution in [0.2, 0.25) is 0 Å². The van der Waals surface area contributed by atoms with Crippen molar-refractivity contribution in [3.63, 3.8) is 0 Å². The Morgan fingerprint density at radius 2 is 1.82 bits per heavy atom. The van der Waals surface area contributed by atoms with Gasteiger partial charge < -0.3 is 9.22 Å². The SMILES string of the molecule is CC(C)OC(=O)CCC[N+]12CCN(CC1)CC2. The fourth-order valence-corrected chi connectivity index (χ4v) is 2.95. The first-order valence-corrected chi connectivity index (χ1v) is 6.87. The number of carbonyl (C=O) groups excluding carboxylic acids is 1. The first-order chi connectivity index (χ1) is 8.10. The van der Waals surface area contributed by atoms with Crippen LogP contribution in [0.1, 0.15) is 26.7 Å². The molecule has 4 heteroatoms. The molecule has 0 aromatic heterocycles. The maximum Gasteiger partial charge on any atom is 0.306 e. The zero-order valence-corrected chi connectivity index (χ0v) is 11.2. The Labute approximate surface area is 104 Å². The number of rotatable bonds is 5. The molecule has 3 heterocycles. The molecular formula is C13H25N2O2+. The number of fused-ring (bicyclic) bond motifs is 3. The van der Waals surface area contributed by atoms with Gasteiger partial charge in [0.05, 0.1) is 38.7 Å². The molecule has 0 amide bonds. The number of hydrogen-bond donors (Lipinski definition) is 0. The Bertz CT molecular complexity index is 257. The summed E-state index contributed by atoms with van der Waals surface area (Å²) >= 11 is 0. The van der Waals surface area contributed by atoms with Crippen LogP contribution in [0.4, 0.5) is 0 Å². The minimum atomic E-state index is -0.0335. The molecular weight excluding hydrogens is 216 g/mol. The lowest BCUT2D eigenvalue weighted by molar-refractivity contribution is -0.941. The number of nitrogens with zero attached hydrogens (tertiary/aromatic N) is 2. The molecule has 98 valence electrons. The van der Waals surface area contributed by atoms with Gasteiger partial charge in [-0.1, -0.05) is 0 Å². The molecule has 4 nitrogen and oxygen atoms in total. The highest BCUT2D eigenvalue weighted by Crippen LogP contribution is 2.20. The molecule has 3 fully saturated rings. The second-order valence-electron chi connectivity index (χ2n) is 5.72. The average Bonchev–Trinajstić information content (AvgIpc) is 2.30. The van der Waals surface area contributed by atoms with Gasteiger partial charge in [-0.2, -0.15) is 0 Å². The highest BCUT2D eigenvalue weighted by atomic mass is 16.5. The molecule has 0 atom stereocenters. The third kappa shape index (κ3) is 3.42. The summed E-state index contributed by atoms with van der Waals surface area (Å²) in [7, 11) is 0. The normalized spacial score (nSPS) is 31.8. The monoisotopic (exact) mass is 241 g/mol. The van der Waals surface area contributed by atoms with Gasteiger partial charge in [-0.05, 0) is 13.8 Å². The van der Waals surface area contributed by atoms with E-state index in [4.69, 9.17) is 4.74 Å². The van der Waals surface area contributed by atoms with Crippen LogP contribution in [0.5, 0.6) is 0 Å². The average molecular weight is 241 g/mol. The fourth-order valence-electron chi connectivity index (χ4n) is 2.95. The van der Waals surface area contributed by atoms with E-state index in [1.54, 1.807) is 0 Å². The van der Waals surface area contributed by atoms with E-state index >= 15 is 0 Å². The van der Waals surface area contributed by atoms with E-state index in [9.17, 15) is 4.79 Å². The van der Waals surface area contributed by atoms with E-state index in [1.165, 1.54) is 43.8 Å². The van der Waals surface area contributed by atoms with E-state index in [1.807, 2.05) is 13.8 Å². The molecule has 0 spiro atoms. The van der Waals surface area contributed by atoms with Crippen LogP contribution < -0.4 is 0 Å². The summed E-state index contributed by atoms with van der Waals surface area (Å²) in [6.07, 6.45) is 1.58. The van der Waals surface area contributed by atoms with Crippen LogP contribution in [0, 0.1) is 0 Å². The molecule has 3 aliphatic rings. The summed E-state index contributed by atoms with van der Waals surface area (Å²) in [5.41, 5.74) is 0. The van der Waals surface area contributed by atoms with E-state index in [0.717, 1.165) is 13.0 Å². The van der Waals surface area contributed by atoms with Crippen molar-refractivity contribution in [2.24, 2.45) is 0 Å². The Hall–Kier alpha value is -0.610. The highest BCUT2D eigenvalue weighted by molar-refractivity contribution is 5.69. The Kier molecular flexibility index (Phi) is 4.05. The first-order valence-electron chi connectivity index (χ1n) is 6.87. The molecule has 3 aliphatic heterocycles. The van der Waals surface area contributed by atoms with Crippen LogP contribution in [0.3, 0.4) is 0 Å². The van der Waals surface area contributed by atoms with Crippen LogP contribution >= 0.6 is 0 Å². The molecule has 2 bridgehead atoms. The summed E-state index contributed by atoms with van der Waals surface area (Å²) < 4.78 is 6.40. The van der Waals surface area contributed by atoms with Gasteiger partial charge in [-0.15, -0.1) is 0 Å². The van der Waals surface area contributed by atoms with Crippen molar-refractivity contribution in [3.05, 3.63) is 0 Å². The molecule has 0 radical (unpaired) electrons. The van der Waals surface area contributed by atoms with Crippen molar-refractivity contribution in [2.75, 3.05) is 45.8 Å². The van der Waals surface area contributed by atoms with Gasteiger partial charge in [0, 0.05) is 26.1 Å². The number of carbonyl (C=O) groups is 1. The van der Waals surface area contributed by atoms with Gasteiger partial charge in [-0.3, -0.25) is 9.69 Å². The Morgan fingerprint density at radius 3 is 2.35 bits per heavy atom. The smallest absolute Gasteiger partial charge is 0.306 e. The van der Waals surface area contributed by atoms with Crippen LogP contribution in [0.25, 0.3) is 0 Å². The largest absolute Gasteiger partial charge is 0.463 e. The number of piperazine rings is 3. The molecule has 0 aliphatic carbocycles. The maximum atomic E-state index is 11.5. The van der Waals surface area contributed by atoms with Crippen molar-refractivity contribution in [1.82, 2.24) is 4.90 Å². The number of esters is 1. The van der Waals surface area contributed by atoms with Crippen molar-refractivity contribution < 1.29 is 14.0 Å². The molecule has 0 aromatic carbocycles. The van der Waals surface area contributed by atoms with Gasteiger partial charge in [0.15, 0.2) is 0 Å². The summed E-state index contributed by atoms with van der Waals surface area (Å²) in [5, 5.41) is 0. The summed E-state index contributed by atoms with van der Waals surface area (Å²) in [5.74, 6) is -0.0335. The quantitative estimate of drug-likeness (QED) is 0.528. The minimum absolute atomic E-state index is 0.0214. The third-order valence-corrected chi connectivity index (χ3v) is 4.05. The molecule has 0 unspecified atom stereocenters. The van der Waals surface area contributed by atoms with Crippen LogP contribution in [-0.4, -0.2) is 67.3 Å². The molecule has 0 aromatic rings. The van der Waals surface area contributed by atoms with E-state index in [2.05, 4.69) is 4.90 Å². The van der Waals surface area contributed by atoms with Crippen LogP contribution in [0.15, 0.2) is 0 Å². The fraction of sp³-hybridized carbons (Fsp3) is 0.923. The second kappa shape index (κ2) is 5.36. The Morgan fingerprint density at radius 1 is 1.24 bits per heavy atom. The molecule has 17 heavy (non-hydrogen) atoms. The zero-order chi connectivity index (χ0) is 12.3. The number of quaternary nitrogens is 1. The first kappa shape index (κ1) is 12.8. The van der Waals surface area contributed by atoms with Gasteiger partial charge >= 0.3 is 5.97 Å². The highest BCUT2D eigenvalue weighted by Gasteiger charge is 2.37.